The van der Waals surface area contributed by atoms with Crippen molar-refractivity contribution in [3.8, 4) is 10.6 Å². The van der Waals surface area contributed by atoms with Crippen LogP contribution in [0.1, 0.15) is 6.92 Å². The molecule has 1 amide bonds. The first-order valence-corrected chi connectivity index (χ1v) is 7.22. The van der Waals surface area contributed by atoms with Gasteiger partial charge in [-0.25, -0.2) is 0 Å². The number of nitrogens with one attached hydrogen (secondary N) is 1. The first-order valence-electron chi connectivity index (χ1n) is 5.21. The van der Waals surface area contributed by atoms with Gasteiger partial charge in [0.25, 0.3) is 0 Å². The number of benzene rings is 1. The van der Waals surface area contributed by atoms with Gasteiger partial charge in [0.05, 0.1) is 5.02 Å². The number of hydrogen-bond acceptors (Lipinski definition) is 4. The molecule has 0 radical (unpaired) electrons. The summed E-state index contributed by atoms with van der Waals surface area (Å²) in [7, 11) is 0. The summed E-state index contributed by atoms with van der Waals surface area (Å²) in [5.74, 6) is -0.327. The van der Waals surface area contributed by atoms with E-state index in [-0.39, 0.29) is 5.91 Å². The van der Waals surface area contributed by atoms with E-state index >= 15 is 0 Å². The Bertz CT molecular complexity index is 615. The van der Waals surface area contributed by atoms with E-state index in [9.17, 15) is 4.79 Å². The Balaban J connectivity index is 2.23. The monoisotopic (exact) mass is 335 g/mol. The van der Waals surface area contributed by atoms with Gasteiger partial charge in [-0.3, -0.25) is 10.1 Å². The number of carbonyl (C=O) groups excluding carboxylic acids is 1. The van der Waals surface area contributed by atoms with Gasteiger partial charge in [0.1, 0.15) is 5.38 Å². The van der Waals surface area contributed by atoms with Crippen molar-refractivity contribution in [1.29, 1.82) is 0 Å². The highest BCUT2D eigenvalue weighted by Crippen LogP contribution is 2.33. The molecule has 1 N–H and O–H groups in total. The molecule has 0 saturated heterocycles. The predicted molar refractivity (Wildman–Crippen MR) is 79.3 cm³/mol. The van der Waals surface area contributed by atoms with Gasteiger partial charge in [0, 0.05) is 10.6 Å². The molecule has 0 fully saturated rings. The van der Waals surface area contributed by atoms with Crippen molar-refractivity contribution in [3.63, 3.8) is 0 Å². The van der Waals surface area contributed by atoms with Gasteiger partial charge in [-0.15, -0.1) is 21.8 Å². The highest BCUT2D eigenvalue weighted by molar-refractivity contribution is 7.18. The molecule has 2 rings (SSSR count). The molecule has 1 heterocycles. The zero-order valence-corrected chi connectivity index (χ0v) is 12.7. The summed E-state index contributed by atoms with van der Waals surface area (Å²) < 4.78 is 0. The molecule has 0 saturated carbocycles. The molecule has 0 aliphatic carbocycles. The molecule has 0 spiro atoms. The molecule has 8 heteroatoms. The highest BCUT2D eigenvalue weighted by Gasteiger charge is 2.14. The molecule has 0 aliphatic heterocycles. The van der Waals surface area contributed by atoms with E-state index in [1.54, 1.807) is 25.1 Å². The summed E-state index contributed by atoms with van der Waals surface area (Å²) in [6.45, 7) is 1.58. The summed E-state index contributed by atoms with van der Waals surface area (Å²) >= 11 is 18.8. The molecule has 0 aliphatic rings. The van der Waals surface area contributed by atoms with Gasteiger partial charge in [0.2, 0.25) is 11.0 Å². The number of anilines is 1. The molecule has 1 aromatic carbocycles. The molecular formula is C11H8Cl3N3OS. The zero-order valence-electron chi connectivity index (χ0n) is 9.65. The van der Waals surface area contributed by atoms with Crippen molar-refractivity contribution in [2.45, 2.75) is 12.3 Å². The van der Waals surface area contributed by atoms with E-state index in [0.29, 0.717) is 25.7 Å². The third kappa shape index (κ3) is 3.57. The Morgan fingerprint density at radius 3 is 2.74 bits per heavy atom. The minimum atomic E-state index is -0.633. The van der Waals surface area contributed by atoms with E-state index in [4.69, 9.17) is 34.8 Å². The maximum atomic E-state index is 11.4. The summed E-state index contributed by atoms with van der Waals surface area (Å²) in [6, 6.07) is 5.09. The third-order valence-electron chi connectivity index (χ3n) is 2.18. The standard InChI is InChI=1S/C11H8Cl3N3OS/c1-5(12)9(18)15-11-17-16-10(19-11)7-3-2-6(13)4-8(7)14/h2-5H,1H3,(H,15,17,18)/t5-/m0/s1. The Kier molecular flexibility index (Phi) is 4.62. The summed E-state index contributed by atoms with van der Waals surface area (Å²) in [5, 5.41) is 11.8. The number of nitrogens with zero attached hydrogens (tertiary/aromatic N) is 2. The van der Waals surface area contributed by atoms with Crippen molar-refractivity contribution in [2.75, 3.05) is 5.32 Å². The van der Waals surface area contributed by atoms with E-state index in [2.05, 4.69) is 15.5 Å². The average molecular weight is 337 g/mol. The van der Waals surface area contributed by atoms with Gasteiger partial charge in [-0.1, -0.05) is 34.5 Å². The van der Waals surface area contributed by atoms with E-state index < -0.39 is 5.38 Å². The zero-order chi connectivity index (χ0) is 14.0. The number of alkyl halides is 1. The van der Waals surface area contributed by atoms with Crippen molar-refractivity contribution >= 4 is 57.2 Å². The van der Waals surface area contributed by atoms with Crippen LogP contribution in [0.2, 0.25) is 10.0 Å². The lowest BCUT2D eigenvalue weighted by Gasteiger charge is -2.01. The van der Waals surface area contributed by atoms with E-state index in [1.165, 1.54) is 11.3 Å². The summed E-state index contributed by atoms with van der Waals surface area (Å²) in [6.07, 6.45) is 0. The Labute approximate surface area is 128 Å². The Morgan fingerprint density at radius 2 is 2.11 bits per heavy atom. The second-order valence-corrected chi connectivity index (χ2v) is 6.12. The lowest BCUT2D eigenvalue weighted by molar-refractivity contribution is -0.115. The Hall–Kier alpha value is -0.880. The molecular weight excluding hydrogens is 329 g/mol. The maximum Gasteiger partial charge on any atom is 0.243 e. The van der Waals surface area contributed by atoms with Crippen LogP contribution in [0.5, 0.6) is 0 Å². The molecule has 1 aromatic heterocycles. The van der Waals surface area contributed by atoms with Crippen LogP contribution in [0.3, 0.4) is 0 Å². The second kappa shape index (κ2) is 6.05. The van der Waals surface area contributed by atoms with Crippen molar-refractivity contribution in [3.05, 3.63) is 28.2 Å². The van der Waals surface area contributed by atoms with Crippen LogP contribution in [0.25, 0.3) is 10.6 Å². The summed E-state index contributed by atoms with van der Waals surface area (Å²) in [4.78, 5) is 11.4. The van der Waals surface area contributed by atoms with Gasteiger partial charge in [-0.2, -0.15) is 0 Å². The van der Waals surface area contributed by atoms with Gasteiger partial charge < -0.3 is 0 Å². The normalized spacial score (nSPS) is 12.2. The van der Waals surface area contributed by atoms with E-state index in [1.807, 2.05) is 0 Å². The van der Waals surface area contributed by atoms with Crippen molar-refractivity contribution in [2.24, 2.45) is 0 Å². The number of hydrogen-bond donors (Lipinski definition) is 1. The largest absolute Gasteiger partial charge is 0.299 e. The molecule has 0 unspecified atom stereocenters. The molecule has 4 nitrogen and oxygen atoms in total. The van der Waals surface area contributed by atoms with Crippen LogP contribution in [0.15, 0.2) is 18.2 Å². The lowest BCUT2D eigenvalue weighted by Crippen LogP contribution is -2.20. The number of amides is 1. The van der Waals surface area contributed by atoms with Crippen LogP contribution >= 0.6 is 46.1 Å². The first-order chi connectivity index (χ1) is 8.97. The predicted octanol–water partition coefficient (Wildman–Crippen LogP) is 4.08. The maximum absolute atomic E-state index is 11.4. The van der Waals surface area contributed by atoms with Gasteiger partial charge in [0.15, 0.2) is 5.01 Å². The van der Waals surface area contributed by atoms with Gasteiger partial charge in [-0.05, 0) is 25.1 Å². The number of rotatable bonds is 3. The molecule has 19 heavy (non-hydrogen) atoms. The molecule has 2 aromatic rings. The molecule has 100 valence electrons. The Morgan fingerprint density at radius 1 is 1.37 bits per heavy atom. The smallest absolute Gasteiger partial charge is 0.243 e. The lowest BCUT2D eigenvalue weighted by atomic mass is 10.2. The van der Waals surface area contributed by atoms with Crippen LogP contribution < -0.4 is 5.32 Å². The topological polar surface area (TPSA) is 54.9 Å². The van der Waals surface area contributed by atoms with Crippen molar-refractivity contribution < 1.29 is 4.79 Å². The fourth-order valence-corrected chi connectivity index (χ4v) is 2.64. The molecule has 1 atom stereocenters. The third-order valence-corrected chi connectivity index (χ3v) is 3.80. The number of aromatic nitrogens is 2. The summed E-state index contributed by atoms with van der Waals surface area (Å²) in [5.41, 5.74) is 0.711. The highest BCUT2D eigenvalue weighted by atomic mass is 35.5. The quantitative estimate of drug-likeness (QED) is 0.859. The van der Waals surface area contributed by atoms with Crippen LogP contribution in [0, 0.1) is 0 Å². The minimum Gasteiger partial charge on any atom is -0.299 e. The van der Waals surface area contributed by atoms with Crippen molar-refractivity contribution in [1.82, 2.24) is 10.2 Å². The number of halogens is 3. The van der Waals surface area contributed by atoms with E-state index in [0.717, 1.165) is 0 Å². The SMILES string of the molecule is C[C@H](Cl)C(=O)Nc1nnc(-c2ccc(Cl)cc2Cl)s1. The van der Waals surface area contributed by atoms with Crippen LogP contribution in [-0.4, -0.2) is 21.5 Å². The fourth-order valence-electron chi connectivity index (χ4n) is 1.25. The number of carbonyl (C=O) groups is 1. The van der Waals surface area contributed by atoms with Crippen LogP contribution in [-0.2, 0) is 4.79 Å². The first kappa shape index (κ1) is 14.5. The van der Waals surface area contributed by atoms with Gasteiger partial charge >= 0.3 is 0 Å². The minimum absolute atomic E-state index is 0.327. The van der Waals surface area contributed by atoms with Crippen LogP contribution in [0.4, 0.5) is 5.13 Å². The fraction of sp³-hybridized carbons (Fsp3) is 0.182. The second-order valence-electron chi connectivity index (χ2n) is 3.64. The average Bonchev–Trinajstić information content (AvgIpc) is 2.77. The molecule has 0 bridgehead atoms.